The summed E-state index contributed by atoms with van der Waals surface area (Å²) in [6.07, 6.45) is 0.647. The SMILES string of the molecule is Cc1nc(Cl)c(Cc2nc(C(C)(C)C)cs2)nc1C. The Hall–Kier alpha value is -1.00. The molecule has 3 nitrogen and oxygen atoms in total. The maximum atomic E-state index is 6.15. The number of aryl methyl sites for hydroxylation is 2. The van der Waals surface area contributed by atoms with E-state index in [4.69, 9.17) is 11.6 Å². The number of hydrogen-bond donors (Lipinski definition) is 0. The van der Waals surface area contributed by atoms with Gasteiger partial charge in [-0.05, 0) is 13.8 Å². The normalized spacial score (nSPS) is 11.9. The largest absolute Gasteiger partial charge is 0.253 e. The van der Waals surface area contributed by atoms with Crippen LogP contribution in [0, 0.1) is 13.8 Å². The molecule has 2 rings (SSSR count). The standard InChI is InChI=1S/C14H18ClN3S/c1-8-9(2)17-13(15)10(16-8)6-12-18-11(7-19-12)14(3,4)5/h7H,6H2,1-5H3. The second-order valence-electron chi connectivity index (χ2n) is 5.69. The van der Waals surface area contributed by atoms with E-state index < -0.39 is 0 Å². The van der Waals surface area contributed by atoms with E-state index in [0.29, 0.717) is 11.6 Å². The predicted molar refractivity (Wildman–Crippen MR) is 80.1 cm³/mol. The molecular formula is C14H18ClN3S. The average Bonchev–Trinajstić information content (AvgIpc) is 2.74. The Balaban J connectivity index is 2.27. The van der Waals surface area contributed by atoms with Crippen molar-refractivity contribution in [2.45, 2.75) is 46.5 Å². The van der Waals surface area contributed by atoms with Gasteiger partial charge in [0, 0.05) is 17.2 Å². The van der Waals surface area contributed by atoms with Crippen molar-refractivity contribution in [3.63, 3.8) is 0 Å². The van der Waals surface area contributed by atoms with E-state index in [9.17, 15) is 0 Å². The fraction of sp³-hybridized carbons (Fsp3) is 0.500. The second-order valence-corrected chi connectivity index (χ2v) is 6.99. The first kappa shape index (κ1) is 14.4. The first-order valence-corrected chi connectivity index (χ1v) is 7.47. The number of thiazole rings is 1. The van der Waals surface area contributed by atoms with Crippen LogP contribution in [-0.4, -0.2) is 15.0 Å². The summed E-state index contributed by atoms with van der Waals surface area (Å²) in [5.74, 6) is 0. The van der Waals surface area contributed by atoms with E-state index in [-0.39, 0.29) is 5.41 Å². The van der Waals surface area contributed by atoms with E-state index in [1.54, 1.807) is 11.3 Å². The van der Waals surface area contributed by atoms with Crippen LogP contribution in [0.3, 0.4) is 0 Å². The van der Waals surface area contributed by atoms with Crippen LogP contribution in [0.15, 0.2) is 5.38 Å². The smallest absolute Gasteiger partial charge is 0.151 e. The monoisotopic (exact) mass is 295 g/mol. The topological polar surface area (TPSA) is 38.7 Å². The van der Waals surface area contributed by atoms with E-state index in [2.05, 4.69) is 41.1 Å². The fourth-order valence-electron chi connectivity index (χ4n) is 1.61. The van der Waals surface area contributed by atoms with Gasteiger partial charge in [-0.1, -0.05) is 32.4 Å². The van der Waals surface area contributed by atoms with Gasteiger partial charge in [-0.15, -0.1) is 11.3 Å². The van der Waals surface area contributed by atoms with Crippen LogP contribution in [0.25, 0.3) is 0 Å². The third kappa shape index (κ3) is 3.31. The Morgan fingerprint density at radius 2 is 1.74 bits per heavy atom. The second kappa shape index (κ2) is 5.17. The highest BCUT2D eigenvalue weighted by atomic mass is 35.5. The van der Waals surface area contributed by atoms with Crippen LogP contribution in [0.1, 0.15) is 48.6 Å². The molecule has 2 heterocycles. The van der Waals surface area contributed by atoms with Crippen LogP contribution in [-0.2, 0) is 11.8 Å². The molecule has 0 aromatic carbocycles. The van der Waals surface area contributed by atoms with Gasteiger partial charge in [0.2, 0.25) is 0 Å². The van der Waals surface area contributed by atoms with Gasteiger partial charge in [0.15, 0.2) is 5.15 Å². The van der Waals surface area contributed by atoms with Crippen molar-refractivity contribution in [1.82, 2.24) is 15.0 Å². The number of hydrogen-bond acceptors (Lipinski definition) is 4. The zero-order valence-corrected chi connectivity index (χ0v) is 13.5. The number of rotatable bonds is 2. The third-order valence-electron chi connectivity index (χ3n) is 2.97. The summed E-state index contributed by atoms with van der Waals surface area (Å²) in [5, 5.41) is 3.62. The van der Waals surface area contributed by atoms with Crippen molar-refractivity contribution in [3.8, 4) is 0 Å². The zero-order chi connectivity index (χ0) is 14.2. The van der Waals surface area contributed by atoms with Gasteiger partial charge in [-0.3, -0.25) is 4.98 Å². The van der Waals surface area contributed by atoms with Gasteiger partial charge in [0.25, 0.3) is 0 Å². The Bertz CT molecular complexity index is 599. The van der Waals surface area contributed by atoms with Gasteiger partial charge >= 0.3 is 0 Å². The van der Waals surface area contributed by atoms with E-state index in [1.165, 1.54) is 0 Å². The molecule has 2 aromatic heterocycles. The van der Waals surface area contributed by atoms with Crippen molar-refractivity contribution >= 4 is 22.9 Å². The molecule has 0 spiro atoms. The molecule has 0 bridgehead atoms. The average molecular weight is 296 g/mol. The minimum atomic E-state index is 0.0768. The molecule has 0 saturated heterocycles. The van der Waals surface area contributed by atoms with Crippen LogP contribution < -0.4 is 0 Å². The molecule has 102 valence electrons. The zero-order valence-electron chi connectivity index (χ0n) is 11.9. The third-order valence-corrected chi connectivity index (χ3v) is 4.12. The molecule has 0 fully saturated rings. The summed E-state index contributed by atoms with van der Waals surface area (Å²) >= 11 is 7.80. The van der Waals surface area contributed by atoms with Gasteiger partial charge in [0.05, 0.1) is 27.8 Å². The van der Waals surface area contributed by atoms with E-state index >= 15 is 0 Å². The maximum absolute atomic E-state index is 6.15. The van der Waals surface area contributed by atoms with Crippen LogP contribution in [0.4, 0.5) is 0 Å². The molecule has 0 aliphatic heterocycles. The lowest BCUT2D eigenvalue weighted by molar-refractivity contribution is 0.571. The van der Waals surface area contributed by atoms with E-state index in [0.717, 1.165) is 27.8 Å². The summed E-state index contributed by atoms with van der Waals surface area (Å²) in [7, 11) is 0. The highest BCUT2D eigenvalue weighted by Crippen LogP contribution is 2.26. The summed E-state index contributed by atoms with van der Waals surface area (Å²) < 4.78 is 0. The lowest BCUT2D eigenvalue weighted by Crippen LogP contribution is -2.11. The maximum Gasteiger partial charge on any atom is 0.151 e. The molecule has 0 radical (unpaired) electrons. The molecule has 0 N–H and O–H groups in total. The summed E-state index contributed by atoms with van der Waals surface area (Å²) in [4.78, 5) is 13.5. The Kier molecular flexibility index (Phi) is 3.92. The first-order valence-electron chi connectivity index (χ1n) is 6.22. The minimum Gasteiger partial charge on any atom is -0.253 e. The molecular weight excluding hydrogens is 278 g/mol. The molecule has 0 amide bonds. The summed E-state index contributed by atoms with van der Waals surface area (Å²) in [6, 6.07) is 0. The van der Waals surface area contributed by atoms with Gasteiger partial charge in [-0.25, -0.2) is 9.97 Å². The van der Waals surface area contributed by atoms with Crippen molar-refractivity contribution < 1.29 is 0 Å². The number of halogens is 1. The molecule has 5 heteroatoms. The lowest BCUT2D eigenvalue weighted by Gasteiger charge is -2.14. The quantitative estimate of drug-likeness (QED) is 0.837. The summed E-state index contributed by atoms with van der Waals surface area (Å²) in [6.45, 7) is 10.3. The van der Waals surface area contributed by atoms with Crippen molar-refractivity contribution in [3.05, 3.63) is 38.3 Å². The fourth-order valence-corrected chi connectivity index (χ4v) is 2.88. The highest BCUT2D eigenvalue weighted by Gasteiger charge is 2.18. The van der Waals surface area contributed by atoms with Crippen LogP contribution in [0.5, 0.6) is 0 Å². The Labute approximate surface area is 123 Å². The Morgan fingerprint density at radius 1 is 1.11 bits per heavy atom. The van der Waals surface area contributed by atoms with Crippen LogP contribution in [0.2, 0.25) is 5.15 Å². The van der Waals surface area contributed by atoms with Gasteiger partial charge in [-0.2, -0.15) is 0 Å². The van der Waals surface area contributed by atoms with Crippen molar-refractivity contribution in [2.75, 3.05) is 0 Å². The first-order chi connectivity index (χ1) is 8.77. The van der Waals surface area contributed by atoms with Crippen molar-refractivity contribution in [1.29, 1.82) is 0 Å². The van der Waals surface area contributed by atoms with Gasteiger partial charge in [0.1, 0.15) is 0 Å². The van der Waals surface area contributed by atoms with Crippen molar-refractivity contribution in [2.24, 2.45) is 0 Å². The highest BCUT2D eigenvalue weighted by molar-refractivity contribution is 7.09. The Morgan fingerprint density at radius 3 is 2.32 bits per heavy atom. The number of nitrogens with zero attached hydrogens (tertiary/aromatic N) is 3. The van der Waals surface area contributed by atoms with E-state index in [1.807, 2.05) is 13.8 Å². The molecule has 0 unspecified atom stereocenters. The summed E-state index contributed by atoms with van der Waals surface area (Å²) in [5.41, 5.74) is 3.79. The molecule has 19 heavy (non-hydrogen) atoms. The molecule has 0 aliphatic rings. The molecule has 0 saturated carbocycles. The molecule has 0 atom stereocenters. The lowest BCUT2D eigenvalue weighted by atomic mass is 9.93. The van der Waals surface area contributed by atoms with Crippen LogP contribution >= 0.6 is 22.9 Å². The van der Waals surface area contributed by atoms with Gasteiger partial charge < -0.3 is 0 Å². The number of aromatic nitrogens is 3. The molecule has 0 aliphatic carbocycles. The minimum absolute atomic E-state index is 0.0768. The molecule has 2 aromatic rings. The predicted octanol–water partition coefficient (Wildman–Crippen LogP) is 4.09.